The van der Waals surface area contributed by atoms with Gasteiger partial charge >= 0.3 is 12.6 Å². The van der Waals surface area contributed by atoms with Crippen molar-refractivity contribution >= 4 is 23.2 Å². The van der Waals surface area contributed by atoms with Crippen molar-refractivity contribution in [2.75, 3.05) is 0 Å². The lowest BCUT2D eigenvalue weighted by molar-refractivity contribution is -0.137. The summed E-state index contributed by atoms with van der Waals surface area (Å²) in [5.74, 6) is -1.69. The summed E-state index contributed by atoms with van der Waals surface area (Å²) >= 11 is 0.979. The zero-order chi connectivity index (χ0) is 14.4. The van der Waals surface area contributed by atoms with Gasteiger partial charge in [-0.05, 0) is 24.8 Å². The van der Waals surface area contributed by atoms with Gasteiger partial charge in [-0.3, -0.25) is 9.59 Å². The summed E-state index contributed by atoms with van der Waals surface area (Å²) in [5, 5.41) is 12.5. The molecule has 0 aliphatic carbocycles. The molecule has 0 fully saturated rings. The van der Waals surface area contributed by atoms with Crippen LogP contribution < -0.4 is 10.1 Å². The Morgan fingerprint density at radius 1 is 1.53 bits per heavy atom. The molecular formula is C11H13F2NO4S. The normalized spacial score (nSPS) is 12.2. The van der Waals surface area contributed by atoms with E-state index in [-0.39, 0.29) is 29.5 Å². The molecule has 1 heterocycles. The number of amides is 1. The number of alkyl halides is 2. The monoisotopic (exact) mass is 293 g/mol. The summed E-state index contributed by atoms with van der Waals surface area (Å²) in [5.41, 5.74) is 0. The van der Waals surface area contributed by atoms with E-state index < -0.39 is 18.5 Å². The fourth-order valence-electron chi connectivity index (χ4n) is 1.35. The Hall–Kier alpha value is -1.70. The molecule has 1 aromatic rings. The van der Waals surface area contributed by atoms with E-state index in [9.17, 15) is 18.4 Å². The van der Waals surface area contributed by atoms with Gasteiger partial charge in [0.15, 0.2) is 0 Å². The average molecular weight is 293 g/mol. The summed E-state index contributed by atoms with van der Waals surface area (Å²) in [4.78, 5) is 22.2. The minimum atomic E-state index is -2.99. The number of carboxylic acid groups (broad SMARTS) is 1. The van der Waals surface area contributed by atoms with Crippen molar-refractivity contribution in [3.63, 3.8) is 0 Å². The minimum Gasteiger partial charge on any atom is -0.481 e. The van der Waals surface area contributed by atoms with Gasteiger partial charge in [0.1, 0.15) is 10.6 Å². The fraction of sp³-hybridized carbons (Fsp3) is 0.455. The van der Waals surface area contributed by atoms with Crippen molar-refractivity contribution in [2.45, 2.75) is 32.4 Å². The number of carbonyl (C=O) groups excluding carboxylic acids is 1. The highest BCUT2D eigenvalue weighted by molar-refractivity contribution is 7.12. The fourth-order valence-corrected chi connectivity index (χ4v) is 2.08. The van der Waals surface area contributed by atoms with E-state index in [1.54, 1.807) is 6.92 Å². The standard InChI is InChI=1S/C11H13F2NO4S/c1-6(2-3-8(15)16)14-10(17)9-7(4-5-19-9)18-11(12)13/h4-6,11H,2-3H2,1H3,(H,14,17)(H,15,16). The molecule has 1 amide bonds. The molecular weight excluding hydrogens is 280 g/mol. The zero-order valence-corrected chi connectivity index (χ0v) is 10.9. The third-order valence-electron chi connectivity index (χ3n) is 2.22. The highest BCUT2D eigenvalue weighted by Gasteiger charge is 2.19. The van der Waals surface area contributed by atoms with Crippen molar-refractivity contribution in [3.05, 3.63) is 16.3 Å². The molecule has 0 aromatic carbocycles. The van der Waals surface area contributed by atoms with Crippen LogP contribution in [0.4, 0.5) is 8.78 Å². The van der Waals surface area contributed by atoms with Crippen LogP contribution in [0.15, 0.2) is 11.4 Å². The number of hydrogen-bond donors (Lipinski definition) is 2. The summed E-state index contributed by atoms with van der Waals surface area (Å²) in [6.45, 7) is -1.35. The second kappa shape index (κ2) is 7.03. The van der Waals surface area contributed by atoms with Crippen LogP contribution in [0.5, 0.6) is 5.75 Å². The van der Waals surface area contributed by atoms with Crippen LogP contribution in [0, 0.1) is 0 Å². The Morgan fingerprint density at radius 3 is 2.79 bits per heavy atom. The van der Waals surface area contributed by atoms with E-state index in [1.165, 1.54) is 11.4 Å². The summed E-state index contributed by atoms with van der Waals surface area (Å²) < 4.78 is 28.4. The molecule has 0 radical (unpaired) electrons. The minimum absolute atomic E-state index is 0.0440. The van der Waals surface area contributed by atoms with Crippen LogP contribution in [0.3, 0.4) is 0 Å². The molecule has 0 bridgehead atoms. The highest BCUT2D eigenvalue weighted by Crippen LogP contribution is 2.26. The van der Waals surface area contributed by atoms with Gasteiger partial charge in [-0.15, -0.1) is 11.3 Å². The van der Waals surface area contributed by atoms with Crippen molar-refractivity contribution < 1.29 is 28.2 Å². The number of carbonyl (C=O) groups is 2. The van der Waals surface area contributed by atoms with E-state index in [1.807, 2.05) is 0 Å². The molecule has 106 valence electrons. The number of rotatable bonds is 7. The Labute approximate surface area is 112 Å². The van der Waals surface area contributed by atoms with Gasteiger partial charge in [0.05, 0.1) is 0 Å². The second-order valence-corrected chi connectivity index (χ2v) is 4.72. The second-order valence-electron chi connectivity index (χ2n) is 3.80. The first-order chi connectivity index (χ1) is 8.90. The zero-order valence-electron chi connectivity index (χ0n) is 10.1. The van der Waals surface area contributed by atoms with Crippen molar-refractivity contribution in [3.8, 4) is 5.75 Å². The molecule has 0 aliphatic rings. The number of halogens is 2. The van der Waals surface area contributed by atoms with Gasteiger partial charge in [-0.1, -0.05) is 0 Å². The quantitative estimate of drug-likeness (QED) is 0.809. The molecule has 2 N–H and O–H groups in total. The van der Waals surface area contributed by atoms with Gasteiger partial charge < -0.3 is 15.2 Å². The lowest BCUT2D eigenvalue weighted by atomic mass is 10.2. The first kappa shape index (κ1) is 15.4. The maximum atomic E-state index is 12.1. The van der Waals surface area contributed by atoms with Crippen LogP contribution in [0.1, 0.15) is 29.4 Å². The van der Waals surface area contributed by atoms with Crippen LogP contribution in [-0.4, -0.2) is 29.6 Å². The first-order valence-corrected chi connectivity index (χ1v) is 6.33. The SMILES string of the molecule is CC(CCC(=O)O)NC(=O)c1sccc1OC(F)F. The van der Waals surface area contributed by atoms with Crippen molar-refractivity contribution in [2.24, 2.45) is 0 Å². The average Bonchev–Trinajstić information content (AvgIpc) is 2.73. The molecule has 1 aromatic heterocycles. The molecule has 0 spiro atoms. The summed E-state index contributed by atoms with van der Waals surface area (Å²) in [7, 11) is 0. The van der Waals surface area contributed by atoms with Gasteiger partial charge in [-0.2, -0.15) is 8.78 Å². The number of aliphatic carboxylic acids is 1. The summed E-state index contributed by atoms with van der Waals surface area (Å²) in [6.07, 6.45) is 0.184. The van der Waals surface area contributed by atoms with E-state index >= 15 is 0 Å². The molecule has 1 rings (SSSR count). The lowest BCUT2D eigenvalue weighted by Crippen LogP contribution is -2.32. The number of ether oxygens (including phenoxy) is 1. The number of carboxylic acids is 1. The predicted molar refractivity (Wildman–Crippen MR) is 64.7 cm³/mol. The number of hydrogen-bond acceptors (Lipinski definition) is 4. The Morgan fingerprint density at radius 2 is 2.21 bits per heavy atom. The third kappa shape index (κ3) is 5.21. The largest absolute Gasteiger partial charge is 0.481 e. The molecule has 0 saturated heterocycles. The maximum absolute atomic E-state index is 12.1. The first-order valence-electron chi connectivity index (χ1n) is 5.45. The van der Waals surface area contributed by atoms with Crippen LogP contribution in [0.2, 0.25) is 0 Å². The Kier molecular flexibility index (Phi) is 5.68. The van der Waals surface area contributed by atoms with Crippen LogP contribution in [0.25, 0.3) is 0 Å². The Bertz CT molecular complexity index is 450. The number of nitrogens with one attached hydrogen (secondary N) is 1. The highest BCUT2D eigenvalue weighted by atomic mass is 32.1. The van der Waals surface area contributed by atoms with Crippen molar-refractivity contribution in [1.82, 2.24) is 5.32 Å². The van der Waals surface area contributed by atoms with Gasteiger partial charge in [0, 0.05) is 12.5 Å². The predicted octanol–water partition coefficient (Wildman–Crippen LogP) is 2.33. The van der Waals surface area contributed by atoms with E-state index in [4.69, 9.17) is 5.11 Å². The topological polar surface area (TPSA) is 75.6 Å². The molecule has 0 saturated carbocycles. The molecule has 1 unspecified atom stereocenters. The van der Waals surface area contributed by atoms with Gasteiger partial charge in [-0.25, -0.2) is 0 Å². The molecule has 1 atom stereocenters. The maximum Gasteiger partial charge on any atom is 0.387 e. The van der Waals surface area contributed by atoms with Crippen LogP contribution in [-0.2, 0) is 4.79 Å². The van der Waals surface area contributed by atoms with Gasteiger partial charge in [0.2, 0.25) is 0 Å². The smallest absolute Gasteiger partial charge is 0.387 e. The number of thiophene rings is 1. The lowest BCUT2D eigenvalue weighted by Gasteiger charge is -2.12. The summed E-state index contributed by atoms with van der Waals surface area (Å²) in [6, 6.07) is 0.915. The van der Waals surface area contributed by atoms with E-state index in [0.717, 1.165) is 11.3 Å². The van der Waals surface area contributed by atoms with Crippen molar-refractivity contribution in [1.29, 1.82) is 0 Å². The van der Waals surface area contributed by atoms with Crippen LogP contribution >= 0.6 is 11.3 Å². The third-order valence-corrected chi connectivity index (χ3v) is 3.11. The molecule has 5 nitrogen and oxygen atoms in total. The molecule has 0 aliphatic heterocycles. The van der Waals surface area contributed by atoms with E-state index in [2.05, 4.69) is 10.1 Å². The molecule has 8 heteroatoms. The van der Waals surface area contributed by atoms with Gasteiger partial charge in [0.25, 0.3) is 5.91 Å². The Balaban J connectivity index is 2.58. The molecule has 19 heavy (non-hydrogen) atoms. The van der Waals surface area contributed by atoms with E-state index in [0.29, 0.717) is 0 Å².